The average molecular weight is 228 g/mol. The van der Waals surface area contributed by atoms with Gasteiger partial charge in [-0.1, -0.05) is 18.6 Å². The molecule has 1 saturated heterocycles. The van der Waals surface area contributed by atoms with Gasteiger partial charge in [0.2, 0.25) is 0 Å². The number of piperidine rings is 1. The monoisotopic (exact) mass is 228 g/mol. The van der Waals surface area contributed by atoms with E-state index in [1.165, 1.54) is 49.2 Å². The van der Waals surface area contributed by atoms with Crippen molar-refractivity contribution in [2.75, 3.05) is 13.1 Å². The van der Waals surface area contributed by atoms with Crippen molar-refractivity contribution < 1.29 is 0 Å². The van der Waals surface area contributed by atoms with Gasteiger partial charge in [-0.15, -0.1) is 0 Å². The zero-order chi connectivity index (χ0) is 11.5. The van der Waals surface area contributed by atoms with Crippen LogP contribution in [0, 0.1) is 0 Å². The van der Waals surface area contributed by atoms with Gasteiger partial charge in [-0.25, -0.2) is 0 Å². The van der Waals surface area contributed by atoms with Crippen molar-refractivity contribution in [2.24, 2.45) is 0 Å². The first kappa shape index (κ1) is 11.0. The molecule has 17 heavy (non-hydrogen) atoms. The van der Waals surface area contributed by atoms with Crippen molar-refractivity contribution in [3.8, 4) is 0 Å². The van der Waals surface area contributed by atoms with Crippen LogP contribution in [0.25, 0.3) is 6.08 Å². The van der Waals surface area contributed by atoms with Crippen LogP contribution in [-0.2, 0) is 13.0 Å². The molecule has 2 aliphatic rings. The van der Waals surface area contributed by atoms with E-state index in [0.29, 0.717) is 0 Å². The highest BCUT2D eigenvalue weighted by Crippen LogP contribution is 2.23. The van der Waals surface area contributed by atoms with Gasteiger partial charge in [0.25, 0.3) is 0 Å². The standard InChI is InChI=1S/C15H20N2/c1-4-10-17(11-5-1)12-13-8-9-16-15-7-3-2-6-14(13)15/h2,6,8-9H,1,3-5,7,10-12H2. The van der Waals surface area contributed by atoms with Crippen molar-refractivity contribution in [3.63, 3.8) is 0 Å². The third-order valence-electron chi connectivity index (χ3n) is 3.84. The van der Waals surface area contributed by atoms with E-state index in [2.05, 4.69) is 28.1 Å². The van der Waals surface area contributed by atoms with Gasteiger partial charge in [-0.3, -0.25) is 9.88 Å². The van der Waals surface area contributed by atoms with Crippen LogP contribution in [0.3, 0.4) is 0 Å². The van der Waals surface area contributed by atoms with Gasteiger partial charge < -0.3 is 0 Å². The quantitative estimate of drug-likeness (QED) is 0.773. The molecule has 90 valence electrons. The second-order valence-corrected chi connectivity index (χ2v) is 5.11. The minimum atomic E-state index is 1.11. The SMILES string of the molecule is C1=Cc2c(CN3CCCCC3)ccnc2CC1. The van der Waals surface area contributed by atoms with E-state index in [1.54, 1.807) is 0 Å². The van der Waals surface area contributed by atoms with Crippen LogP contribution in [0.4, 0.5) is 0 Å². The molecule has 0 amide bonds. The number of allylic oxidation sites excluding steroid dienone is 1. The molecule has 1 aromatic rings. The largest absolute Gasteiger partial charge is 0.299 e. The summed E-state index contributed by atoms with van der Waals surface area (Å²) in [6.45, 7) is 3.64. The molecule has 0 spiro atoms. The molecule has 1 aliphatic heterocycles. The van der Waals surface area contributed by atoms with Gasteiger partial charge in [-0.2, -0.15) is 0 Å². The lowest BCUT2D eigenvalue weighted by molar-refractivity contribution is 0.220. The fraction of sp³-hybridized carbons (Fsp3) is 0.533. The molecule has 0 unspecified atom stereocenters. The molecule has 1 fully saturated rings. The third kappa shape index (κ3) is 2.42. The van der Waals surface area contributed by atoms with Crippen LogP contribution < -0.4 is 0 Å². The minimum Gasteiger partial charge on any atom is -0.299 e. The zero-order valence-electron chi connectivity index (χ0n) is 10.4. The number of likely N-dealkylation sites (tertiary alicyclic amines) is 1. The fourth-order valence-electron chi connectivity index (χ4n) is 2.88. The Morgan fingerprint density at radius 2 is 2.06 bits per heavy atom. The molecule has 0 saturated carbocycles. The van der Waals surface area contributed by atoms with E-state index in [0.717, 1.165) is 19.4 Å². The predicted octanol–water partition coefficient (Wildman–Crippen LogP) is 3.03. The van der Waals surface area contributed by atoms with Crippen LogP contribution in [0.15, 0.2) is 18.3 Å². The highest BCUT2D eigenvalue weighted by molar-refractivity contribution is 5.58. The Morgan fingerprint density at radius 1 is 1.18 bits per heavy atom. The second-order valence-electron chi connectivity index (χ2n) is 5.11. The van der Waals surface area contributed by atoms with Gasteiger partial charge in [0.05, 0.1) is 0 Å². The third-order valence-corrected chi connectivity index (χ3v) is 3.84. The summed E-state index contributed by atoms with van der Waals surface area (Å²) in [5.74, 6) is 0. The van der Waals surface area contributed by atoms with Crippen molar-refractivity contribution in [1.29, 1.82) is 0 Å². The lowest BCUT2D eigenvalue weighted by Gasteiger charge is -2.27. The van der Waals surface area contributed by atoms with Crippen LogP contribution in [0.5, 0.6) is 0 Å². The molecule has 2 heterocycles. The van der Waals surface area contributed by atoms with E-state index >= 15 is 0 Å². The normalized spacial score (nSPS) is 20.2. The lowest BCUT2D eigenvalue weighted by atomic mass is 9.97. The maximum Gasteiger partial charge on any atom is 0.0482 e. The molecular formula is C15H20N2. The molecule has 1 aliphatic carbocycles. The van der Waals surface area contributed by atoms with Gasteiger partial charge in [0, 0.05) is 24.0 Å². The first-order valence-electron chi connectivity index (χ1n) is 6.79. The van der Waals surface area contributed by atoms with E-state index in [9.17, 15) is 0 Å². The molecule has 2 heteroatoms. The molecular weight excluding hydrogens is 208 g/mol. The number of fused-ring (bicyclic) bond motifs is 1. The number of rotatable bonds is 2. The summed E-state index contributed by atoms with van der Waals surface area (Å²) < 4.78 is 0. The Morgan fingerprint density at radius 3 is 2.94 bits per heavy atom. The predicted molar refractivity (Wildman–Crippen MR) is 70.7 cm³/mol. The first-order valence-corrected chi connectivity index (χ1v) is 6.79. The van der Waals surface area contributed by atoms with Gasteiger partial charge >= 0.3 is 0 Å². The average Bonchev–Trinajstić information content (AvgIpc) is 2.40. The summed E-state index contributed by atoms with van der Waals surface area (Å²) in [6.07, 6.45) is 12.9. The van der Waals surface area contributed by atoms with E-state index in [-0.39, 0.29) is 0 Å². The zero-order valence-corrected chi connectivity index (χ0v) is 10.4. The van der Waals surface area contributed by atoms with Crippen LogP contribution in [0.2, 0.25) is 0 Å². The number of aryl methyl sites for hydroxylation is 1. The molecule has 2 nitrogen and oxygen atoms in total. The second kappa shape index (κ2) is 5.01. The maximum atomic E-state index is 4.50. The Bertz CT molecular complexity index is 417. The van der Waals surface area contributed by atoms with E-state index in [1.807, 2.05) is 6.20 Å². The van der Waals surface area contributed by atoms with Crippen molar-refractivity contribution in [3.05, 3.63) is 35.2 Å². The molecule has 0 bridgehead atoms. The van der Waals surface area contributed by atoms with Crippen molar-refractivity contribution >= 4 is 6.08 Å². The lowest BCUT2D eigenvalue weighted by Crippen LogP contribution is -2.29. The van der Waals surface area contributed by atoms with Crippen LogP contribution >= 0.6 is 0 Å². The van der Waals surface area contributed by atoms with Gasteiger partial charge in [0.15, 0.2) is 0 Å². The van der Waals surface area contributed by atoms with Gasteiger partial charge in [-0.05, 0) is 50.4 Å². The first-order chi connectivity index (χ1) is 8.43. The molecule has 1 aromatic heterocycles. The topological polar surface area (TPSA) is 16.1 Å². The molecule has 3 rings (SSSR count). The number of nitrogens with zero attached hydrogens (tertiary/aromatic N) is 2. The summed E-state index contributed by atoms with van der Waals surface area (Å²) in [6, 6.07) is 2.20. The summed E-state index contributed by atoms with van der Waals surface area (Å²) in [4.78, 5) is 7.09. The highest BCUT2D eigenvalue weighted by Gasteiger charge is 2.14. The Balaban J connectivity index is 1.81. The summed E-state index contributed by atoms with van der Waals surface area (Å²) in [5.41, 5.74) is 4.15. The van der Waals surface area contributed by atoms with Gasteiger partial charge in [0.1, 0.15) is 0 Å². The highest BCUT2D eigenvalue weighted by atomic mass is 15.1. The van der Waals surface area contributed by atoms with Crippen molar-refractivity contribution in [2.45, 2.75) is 38.6 Å². The van der Waals surface area contributed by atoms with E-state index < -0.39 is 0 Å². The summed E-state index contributed by atoms with van der Waals surface area (Å²) in [7, 11) is 0. The Labute approximate surface area is 103 Å². The summed E-state index contributed by atoms with van der Waals surface area (Å²) in [5, 5.41) is 0. The maximum absolute atomic E-state index is 4.50. The number of pyridine rings is 1. The van der Waals surface area contributed by atoms with Crippen LogP contribution in [-0.4, -0.2) is 23.0 Å². The molecule has 0 aromatic carbocycles. The fourth-order valence-corrected chi connectivity index (χ4v) is 2.88. The van der Waals surface area contributed by atoms with Crippen LogP contribution in [0.1, 0.15) is 42.5 Å². The number of hydrogen-bond acceptors (Lipinski definition) is 2. The smallest absolute Gasteiger partial charge is 0.0482 e. The van der Waals surface area contributed by atoms with Crippen molar-refractivity contribution in [1.82, 2.24) is 9.88 Å². The molecule has 0 radical (unpaired) electrons. The Hall–Kier alpha value is -1.15. The number of hydrogen-bond donors (Lipinski definition) is 0. The Kier molecular flexibility index (Phi) is 3.23. The molecule has 0 N–H and O–H groups in total. The minimum absolute atomic E-state index is 1.11. The number of aromatic nitrogens is 1. The molecule has 0 atom stereocenters. The summed E-state index contributed by atoms with van der Waals surface area (Å²) >= 11 is 0. The van der Waals surface area contributed by atoms with E-state index in [4.69, 9.17) is 0 Å².